The third-order valence-electron chi connectivity index (χ3n) is 2.57. The molecule has 0 aromatic carbocycles. The van der Waals surface area contributed by atoms with Crippen LogP contribution in [0.4, 0.5) is 0 Å². The van der Waals surface area contributed by atoms with Gasteiger partial charge in [0.1, 0.15) is 17.0 Å². The fourth-order valence-electron chi connectivity index (χ4n) is 1.54. The van der Waals surface area contributed by atoms with Gasteiger partial charge >= 0.3 is 5.97 Å². The van der Waals surface area contributed by atoms with E-state index in [2.05, 4.69) is 10.3 Å². The van der Waals surface area contributed by atoms with Crippen LogP contribution < -0.4 is 0 Å². The minimum absolute atomic E-state index is 0.0936. The first-order valence-corrected chi connectivity index (χ1v) is 4.71. The van der Waals surface area contributed by atoms with Gasteiger partial charge in [0.25, 0.3) is 0 Å². The first-order chi connectivity index (χ1) is 7.52. The van der Waals surface area contributed by atoms with E-state index < -0.39 is 5.97 Å². The van der Waals surface area contributed by atoms with Gasteiger partial charge in [-0.25, -0.2) is 4.79 Å². The fraction of sp³-hybridized carbons (Fsp3) is 0.300. The summed E-state index contributed by atoms with van der Waals surface area (Å²) in [5.74, 6) is -0.747. The van der Waals surface area contributed by atoms with Crippen molar-refractivity contribution < 1.29 is 14.4 Å². The minimum Gasteiger partial charge on any atom is -0.477 e. The Balaban J connectivity index is 2.65. The van der Waals surface area contributed by atoms with Crippen molar-refractivity contribution in [3.05, 3.63) is 23.2 Å². The van der Waals surface area contributed by atoms with Crippen molar-refractivity contribution in [3.63, 3.8) is 0 Å². The highest BCUT2D eigenvalue weighted by Gasteiger charge is 2.23. The molecule has 0 saturated heterocycles. The first-order valence-electron chi connectivity index (χ1n) is 4.71. The zero-order valence-electron chi connectivity index (χ0n) is 9.18. The van der Waals surface area contributed by atoms with Gasteiger partial charge in [-0.2, -0.15) is 5.10 Å². The Morgan fingerprint density at radius 3 is 2.69 bits per heavy atom. The van der Waals surface area contributed by atoms with Gasteiger partial charge in [-0.15, -0.1) is 0 Å². The molecule has 2 aromatic heterocycles. The molecule has 16 heavy (non-hydrogen) atoms. The number of aromatic nitrogens is 3. The van der Waals surface area contributed by atoms with Gasteiger partial charge < -0.3 is 9.63 Å². The highest BCUT2D eigenvalue weighted by molar-refractivity contribution is 5.95. The topological polar surface area (TPSA) is 81.2 Å². The number of carboxylic acid groups (broad SMARTS) is 1. The molecule has 0 aliphatic rings. The van der Waals surface area contributed by atoms with Gasteiger partial charge in [-0.05, 0) is 13.8 Å². The Morgan fingerprint density at radius 2 is 2.19 bits per heavy atom. The third kappa shape index (κ3) is 1.39. The Labute approximate surface area is 91.5 Å². The number of carboxylic acids is 1. The highest BCUT2D eigenvalue weighted by atomic mass is 16.5. The standard InChI is InChI=1S/C10H11N3O3/c1-5-7(4-11-13(5)3)9-8(10(14)15)6(2)16-12-9/h4H,1-3H3,(H,14,15). The van der Waals surface area contributed by atoms with Crippen LogP contribution in [-0.2, 0) is 7.05 Å². The smallest absolute Gasteiger partial charge is 0.341 e. The molecule has 6 heteroatoms. The molecule has 0 bridgehead atoms. The van der Waals surface area contributed by atoms with Gasteiger partial charge in [0, 0.05) is 18.3 Å². The van der Waals surface area contributed by atoms with Gasteiger partial charge in [-0.1, -0.05) is 5.16 Å². The maximum absolute atomic E-state index is 11.1. The number of hydrogen-bond donors (Lipinski definition) is 1. The van der Waals surface area contributed by atoms with Crippen LogP contribution in [0, 0.1) is 13.8 Å². The molecule has 1 N–H and O–H groups in total. The van der Waals surface area contributed by atoms with E-state index >= 15 is 0 Å². The van der Waals surface area contributed by atoms with E-state index in [1.54, 1.807) is 24.9 Å². The Morgan fingerprint density at radius 1 is 1.50 bits per heavy atom. The molecule has 2 heterocycles. The molecule has 6 nitrogen and oxygen atoms in total. The van der Waals surface area contributed by atoms with Crippen LogP contribution in [0.3, 0.4) is 0 Å². The zero-order chi connectivity index (χ0) is 11.9. The molecule has 0 aliphatic heterocycles. The maximum Gasteiger partial charge on any atom is 0.341 e. The lowest BCUT2D eigenvalue weighted by Gasteiger charge is -1.97. The molecule has 0 atom stereocenters. The molecule has 0 spiro atoms. The predicted molar refractivity (Wildman–Crippen MR) is 55.1 cm³/mol. The molecule has 0 radical (unpaired) electrons. The summed E-state index contributed by atoms with van der Waals surface area (Å²) in [6, 6.07) is 0. The fourth-order valence-corrected chi connectivity index (χ4v) is 1.54. The van der Waals surface area contributed by atoms with Crippen LogP contribution in [0.2, 0.25) is 0 Å². The van der Waals surface area contributed by atoms with Crippen molar-refractivity contribution in [1.29, 1.82) is 0 Å². The van der Waals surface area contributed by atoms with E-state index in [0.29, 0.717) is 17.0 Å². The van der Waals surface area contributed by atoms with Crippen molar-refractivity contribution in [3.8, 4) is 11.3 Å². The highest BCUT2D eigenvalue weighted by Crippen LogP contribution is 2.27. The normalized spacial score (nSPS) is 10.7. The lowest BCUT2D eigenvalue weighted by molar-refractivity contribution is 0.0696. The van der Waals surface area contributed by atoms with Crippen molar-refractivity contribution in [2.75, 3.05) is 0 Å². The summed E-state index contributed by atoms with van der Waals surface area (Å²) in [7, 11) is 1.78. The van der Waals surface area contributed by atoms with Crippen LogP contribution in [0.1, 0.15) is 21.8 Å². The monoisotopic (exact) mass is 221 g/mol. The van der Waals surface area contributed by atoms with E-state index in [4.69, 9.17) is 9.63 Å². The van der Waals surface area contributed by atoms with Gasteiger partial charge in [-0.3, -0.25) is 4.68 Å². The predicted octanol–water partition coefficient (Wildman–Crippen LogP) is 1.39. The van der Waals surface area contributed by atoms with Gasteiger partial charge in [0.15, 0.2) is 0 Å². The third-order valence-corrected chi connectivity index (χ3v) is 2.57. The molecular weight excluding hydrogens is 210 g/mol. The van der Waals surface area contributed by atoms with Crippen LogP contribution in [0.25, 0.3) is 11.3 Å². The van der Waals surface area contributed by atoms with Crippen LogP contribution in [-0.4, -0.2) is 26.0 Å². The molecule has 0 unspecified atom stereocenters. The average Bonchev–Trinajstić information content (AvgIpc) is 2.72. The number of nitrogens with zero attached hydrogens (tertiary/aromatic N) is 3. The molecule has 84 valence electrons. The average molecular weight is 221 g/mol. The lowest BCUT2D eigenvalue weighted by Crippen LogP contribution is -2.00. The van der Waals surface area contributed by atoms with E-state index in [9.17, 15) is 4.79 Å². The second kappa shape index (κ2) is 3.48. The molecule has 0 saturated carbocycles. The summed E-state index contributed by atoms with van der Waals surface area (Å²) < 4.78 is 6.57. The number of aryl methyl sites for hydroxylation is 2. The molecule has 0 aliphatic carbocycles. The number of carbonyl (C=O) groups is 1. The van der Waals surface area contributed by atoms with E-state index in [0.717, 1.165) is 5.69 Å². The SMILES string of the molecule is Cc1onc(-c2cnn(C)c2C)c1C(=O)O. The Bertz CT molecular complexity index is 554. The second-order valence-corrected chi connectivity index (χ2v) is 3.53. The molecule has 2 rings (SSSR count). The van der Waals surface area contributed by atoms with Crippen molar-refractivity contribution in [2.24, 2.45) is 7.05 Å². The van der Waals surface area contributed by atoms with Crippen molar-refractivity contribution in [2.45, 2.75) is 13.8 Å². The number of rotatable bonds is 2. The zero-order valence-corrected chi connectivity index (χ0v) is 9.18. The Kier molecular flexibility index (Phi) is 2.26. The van der Waals surface area contributed by atoms with E-state index in [-0.39, 0.29) is 5.56 Å². The van der Waals surface area contributed by atoms with Crippen molar-refractivity contribution >= 4 is 5.97 Å². The van der Waals surface area contributed by atoms with Crippen LogP contribution >= 0.6 is 0 Å². The molecule has 0 fully saturated rings. The largest absolute Gasteiger partial charge is 0.477 e. The molecule has 2 aromatic rings. The minimum atomic E-state index is -1.04. The maximum atomic E-state index is 11.1. The molecular formula is C10H11N3O3. The van der Waals surface area contributed by atoms with Gasteiger partial charge in [0.2, 0.25) is 0 Å². The number of hydrogen-bond acceptors (Lipinski definition) is 4. The summed E-state index contributed by atoms with van der Waals surface area (Å²) >= 11 is 0. The van der Waals surface area contributed by atoms with Crippen LogP contribution in [0.5, 0.6) is 0 Å². The van der Waals surface area contributed by atoms with E-state index in [1.807, 2.05) is 6.92 Å². The van der Waals surface area contributed by atoms with Crippen molar-refractivity contribution in [1.82, 2.24) is 14.9 Å². The first kappa shape index (κ1) is 10.4. The summed E-state index contributed by atoms with van der Waals surface area (Å²) in [5, 5.41) is 16.9. The number of aromatic carboxylic acids is 1. The quantitative estimate of drug-likeness (QED) is 0.828. The summed E-state index contributed by atoms with van der Waals surface area (Å²) in [6.45, 7) is 3.42. The summed E-state index contributed by atoms with van der Waals surface area (Å²) in [4.78, 5) is 11.1. The summed E-state index contributed by atoms with van der Waals surface area (Å²) in [6.07, 6.45) is 1.58. The molecule has 0 amide bonds. The summed E-state index contributed by atoms with van der Waals surface area (Å²) in [5.41, 5.74) is 1.94. The van der Waals surface area contributed by atoms with Gasteiger partial charge in [0.05, 0.1) is 6.20 Å². The lowest BCUT2D eigenvalue weighted by atomic mass is 10.1. The Hall–Kier alpha value is -2.11. The van der Waals surface area contributed by atoms with Crippen LogP contribution in [0.15, 0.2) is 10.7 Å². The second-order valence-electron chi connectivity index (χ2n) is 3.53. The van der Waals surface area contributed by atoms with E-state index in [1.165, 1.54) is 0 Å².